The van der Waals surface area contributed by atoms with Crippen molar-refractivity contribution in [1.29, 1.82) is 0 Å². The number of fused-ring (bicyclic) bond motifs is 4. The lowest BCUT2D eigenvalue weighted by Gasteiger charge is -2.33. The van der Waals surface area contributed by atoms with Gasteiger partial charge < -0.3 is 37.6 Å². The highest BCUT2D eigenvalue weighted by Crippen LogP contribution is 2.37. The van der Waals surface area contributed by atoms with Gasteiger partial charge in [0.15, 0.2) is 6.10 Å². The molecule has 4 aliphatic rings. The summed E-state index contributed by atoms with van der Waals surface area (Å²) in [6.45, 7) is 12.8. The largest absolute Gasteiger partial charge is 0.415 e. The van der Waals surface area contributed by atoms with E-state index in [2.05, 4.69) is 84.0 Å². The van der Waals surface area contributed by atoms with Crippen LogP contribution in [0.2, 0.25) is 0 Å². The minimum atomic E-state index is -4.41. The Bertz CT molecular complexity index is 6150. The molecule has 2 unspecified atom stereocenters. The highest BCUT2D eigenvalue weighted by Gasteiger charge is 2.43. The molecule has 8 aromatic carbocycles. The van der Waals surface area contributed by atoms with Crippen LogP contribution in [0.25, 0.3) is 88.1 Å². The molecule has 6 aromatic heterocycles. The number of imidazole rings is 1. The molecule has 18 rings (SSSR count). The fourth-order valence-electron chi connectivity index (χ4n) is 16.2. The Morgan fingerprint density at radius 2 is 0.797 bits per heavy atom. The zero-order valence-corrected chi connectivity index (χ0v) is 67.3. The van der Waals surface area contributed by atoms with Crippen LogP contribution >= 0.6 is 0 Å². The van der Waals surface area contributed by atoms with Gasteiger partial charge in [0.05, 0.1) is 46.7 Å². The number of carbonyl (C=O) groups is 4. The molecular formula is C93H89F7N18O5. The highest BCUT2D eigenvalue weighted by molar-refractivity contribution is 6.04. The van der Waals surface area contributed by atoms with Crippen molar-refractivity contribution in [2.75, 3.05) is 72.1 Å². The third-order valence-electron chi connectivity index (χ3n) is 22.5. The Labute approximate surface area is 703 Å². The summed E-state index contributed by atoms with van der Waals surface area (Å²) < 4.78 is 101. The Hall–Kier alpha value is -13.1. The van der Waals surface area contributed by atoms with Gasteiger partial charge in [0.25, 0.3) is 23.6 Å². The summed E-state index contributed by atoms with van der Waals surface area (Å²) in [6.07, 6.45) is 5.52. The molecule has 23 nitrogen and oxygen atoms in total. The lowest BCUT2D eigenvalue weighted by Crippen LogP contribution is -2.48. The van der Waals surface area contributed by atoms with Gasteiger partial charge in [-0.05, 0) is 203 Å². The van der Waals surface area contributed by atoms with E-state index in [1.807, 2.05) is 54.3 Å². The quantitative estimate of drug-likeness (QED) is 0.0499. The maximum atomic E-state index is 13.4. The Balaban J connectivity index is 0.000000127. The van der Waals surface area contributed by atoms with Crippen LogP contribution in [-0.4, -0.2) is 172 Å². The molecule has 9 N–H and O–H groups in total. The second-order valence-corrected chi connectivity index (χ2v) is 31.1. The third kappa shape index (κ3) is 21.1. The number of amides is 4. The number of ether oxygens (including phenoxy) is 1. The second-order valence-electron chi connectivity index (χ2n) is 31.1. The number of halogens is 7. The van der Waals surface area contributed by atoms with Crippen molar-refractivity contribution in [3.05, 3.63) is 293 Å². The zero-order chi connectivity index (χ0) is 86.0. The Morgan fingerprint density at radius 1 is 0.431 bits per heavy atom. The predicted octanol–water partition coefficient (Wildman–Crippen LogP) is 14.5. The highest BCUT2D eigenvalue weighted by atomic mass is 19.4. The molecule has 0 spiro atoms. The molecule has 2 atom stereocenters. The third-order valence-corrected chi connectivity index (χ3v) is 22.5. The maximum absolute atomic E-state index is 13.4. The number of hydrogen-bond acceptors (Lipinski definition) is 17. The summed E-state index contributed by atoms with van der Waals surface area (Å²) in [5, 5.41) is 11.1. The molecule has 4 fully saturated rings. The normalized spacial score (nSPS) is 16.3. The summed E-state index contributed by atoms with van der Waals surface area (Å²) in [5.41, 5.74) is 36.7. The molecule has 14 aromatic rings. The molecule has 0 radical (unpaired) electrons. The topological polar surface area (TPSA) is 307 Å². The zero-order valence-electron chi connectivity index (χ0n) is 67.3. The van der Waals surface area contributed by atoms with Crippen LogP contribution in [0, 0.1) is 30.2 Å². The predicted molar refractivity (Wildman–Crippen MR) is 456 cm³/mol. The number of aryl methyl sites for hydroxylation is 1. The molecule has 123 heavy (non-hydrogen) atoms. The van der Waals surface area contributed by atoms with Crippen LogP contribution in [0.3, 0.4) is 0 Å². The number of rotatable bonds is 18. The van der Waals surface area contributed by atoms with Gasteiger partial charge >= 0.3 is 6.18 Å². The van der Waals surface area contributed by atoms with Crippen LogP contribution in [0.1, 0.15) is 108 Å². The standard InChI is InChI=1S/C26H26FN5O.C24H23FN6O.C22H19F4N3O2.C21H21FN4O/c1-17-14-32(16-29-17)21-8-10-31(11-9-21)15-18-2-7-22-23(19-3-5-20(27)6-4-19)13-25(26(28)33)30-24(22)12-18;25-18-6-4-17(5-7-18)21-11-23(24(26)32)29-22-10-16(3-8-20(21)22)12-30-9-1-2-19(13-30)31-15-27-14-28-31;23-15-4-2-14(3-5-15)17-10-19(21(27)30)28-18-9-13(1-6-16(17)18)11-29-7-8-31-20(12-29)22(24,25)26;22-16-4-2-15(3-5-16)18-12-20(21(23)27)25-19-11-14(1-6-17(18)19)13-26-9-7-24-8-10-26/h2-7,12-14,16,21H,8-11,15H2,1H3,(H2,28,33);3-8,10-11,14-15,19H,1-2,9,12-13H2,(H2,26,32);1-6,9-10,20H,7-8,11-12H2,(H2,27,30);1-6,11-12,24H,7-10,13H2,(H2,23,27). The van der Waals surface area contributed by atoms with Crippen molar-refractivity contribution in [3.63, 3.8) is 0 Å². The van der Waals surface area contributed by atoms with E-state index in [0.717, 1.165) is 186 Å². The van der Waals surface area contributed by atoms with E-state index in [0.29, 0.717) is 46.3 Å². The summed E-state index contributed by atoms with van der Waals surface area (Å²) >= 11 is 0. The van der Waals surface area contributed by atoms with Crippen molar-refractivity contribution in [1.82, 2.24) is 69.2 Å². The molecular weight excluding hydrogens is 1580 g/mol. The number of likely N-dealkylation sites (tertiary alicyclic amines) is 2. The first-order chi connectivity index (χ1) is 59.3. The molecule has 0 aliphatic carbocycles. The van der Waals surface area contributed by atoms with E-state index in [1.54, 1.807) is 109 Å². The van der Waals surface area contributed by atoms with Crippen LogP contribution in [-0.2, 0) is 30.9 Å². The lowest BCUT2D eigenvalue weighted by molar-refractivity contribution is -0.237. The fourth-order valence-corrected chi connectivity index (χ4v) is 16.2. The molecule has 4 amide bonds. The SMILES string of the molecule is Cc1cn(C2CCN(Cc3ccc4c(-c5ccc(F)cc5)cc(C(N)=O)nc4c3)CC2)cn1.NC(=O)c1cc(-c2ccc(F)cc2)c2ccc(CN3CCCC(n4cncn4)C3)cc2n1.NC(=O)c1cc(-c2ccc(F)cc2)c2ccc(CN3CCNCC3)cc2n1.NC(=O)c1cc(-c2ccc(F)cc2)c2ccc(CN3CCOC(C(F)(F)F)C3)cc2n1. The lowest BCUT2D eigenvalue weighted by atomic mass is 9.98. The van der Waals surface area contributed by atoms with E-state index in [4.69, 9.17) is 27.7 Å². The molecule has 30 heteroatoms. The number of nitrogens with two attached hydrogens (primary N) is 4. The van der Waals surface area contributed by atoms with E-state index in [1.165, 1.54) is 48.5 Å². The maximum Gasteiger partial charge on any atom is 0.415 e. The monoisotopic (exact) mass is 1670 g/mol. The summed E-state index contributed by atoms with van der Waals surface area (Å²) in [5.74, 6) is -3.76. The minimum Gasteiger partial charge on any atom is -0.366 e. The van der Waals surface area contributed by atoms with Crippen LogP contribution < -0.4 is 28.3 Å². The first kappa shape index (κ1) is 84.9. The van der Waals surface area contributed by atoms with Crippen molar-refractivity contribution < 1.29 is 54.6 Å². The van der Waals surface area contributed by atoms with Gasteiger partial charge in [-0.25, -0.2) is 52.1 Å². The van der Waals surface area contributed by atoms with E-state index < -0.39 is 35.9 Å². The van der Waals surface area contributed by atoms with Gasteiger partial charge in [-0.3, -0.25) is 38.8 Å². The Morgan fingerprint density at radius 3 is 1.14 bits per heavy atom. The Kier molecular flexibility index (Phi) is 26.2. The van der Waals surface area contributed by atoms with Crippen LogP contribution in [0.15, 0.2) is 219 Å². The van der Waals surface area contributed by atoms with Gasteiger partial charge in [0, 0.05) is 119 Å². The number of aromatic nitrogens is 9. The number of nitrogens with zero attached hydrogens (tertiary/aromatic N) is 13. The minimum absolute atomic E-state index is 0.00343. The number of pyridine rings is 4. The van der Waals surface area contributed by atoms with E-state index >= 15 is 0 Å². The molecule has 10 heterocycles. The van der Waals surface area contributed by atoms with Crippen molar-refractivity contribution in [2.24, 2.45) is 22.9 Å². The number of primary amides is 4. The summed E-state index contributed by atoms with van der Waals surface area (Å²) in [7, 11) is 0. The van der Waals surface area contributed by atoms with Gasteiger partial charge in [0.1, 0.15) is 58.7 Å². The van der Waals surface area contributed by atoms with E-state index in [9.17, 15) is 49.9 Å². The second kappa shape index (κ2) is 37.9. The number of morpholine rings is 1. The van der Waals surface area contributed by atoms with Crippen LogP contribution in [0.5, 0.6) is 0 Å². The number of piperidine rings is 2. The van der Waals surface area contributed by atoms with Gasteiger partial charge in [-0.15, -0.1) is 0 Å². The fraction of sp³-hybridized carbons (Fsp3) is 0.258. The number of hydrogen-bond donors (Lipinski definition) is 5. The number of nitrogens with one attached hydrogen (secondary N) is 1. The molecule has 0 saturated carbocycles. The number of benzene rings is 8. The average molecular weight is 1670 g/mol. The van der Waals surface area contributed by atoms with Crippen molar-refractivity contribution >= 4 is 67.2 Å². The number of carbonyl (C=O) groups excluding carboxylic acids is 4. The molecule has 630 valence electrons. The number of piperazine rings is 1. The first-order valence-corrected chi connectivity index (χ1v) is 40.4. The van der Waals surface area contributed by atoms with Gasteiger partial charge in [-0.1, -0.05) is 97.1 Å². The summed E-state index contributed by atoms with van der Waals surface area (Å²) in [6, 6.07) is 55.5. The molecule has 4 saturated heterocycles. The van der Waals surface area contributed by atoms with Crippen molar-refractivity contribution in [2.45, 2.75) is 83.1 Å². The van der Waals surface area contributed by atoms with E-state index in [-0.39, 0.29) is 65.7 Å². The molecule has 0 bridgehead atoms. The van der Waals surface area contributed by atoms with Crippen molar-refractivity contribution in [3.8, 4) is 44.5 Å². The average Bonchev–Trinajstić information content (AvgIpc) is 1.38. The van der Waals surface area contributed by atoms with Gasteiger partial charge in [-0.2, -0.15) is 18.3 Å². The first-order valence-electron chi connectivity index (χ1n) is 40.4. The van der Waals surface area contributed by atoms with Crippen LogP contribution in [0.4, 0.5) is 30.7 Å². The smallest absolute Gasteiger partial charge is 0.366 e. The molecule has 4 aliphatic heterocycles. The van der Waals surface area contributed by atoms with Gasteiger partial charge in [0.2, 0.25) is 0 Å². The number of alkyl halides is 3. The summed E-state index contributed by atoms with van der Waals surface area (Å²) in [4.78, 5) is 82.5.